The molecule has 0 radical (unpaired) electrons. The maximum Gasteiger partial charge on any atom is 0.397 e. The Hall–Kier alpha value is -3.72. The molecule has 0 bridgehead atoms. The van der Waals surface area contributed by atoms with E-state index < -0.39 is 425 Å². The zero-order valence-electron chi connectivity index (χ0n) is 71.0. The van der Waals surface area contributed by atoms with Gasteiger partial charge in [-0.2, -0.15) is 8.42 Å². The summed E-state index contributed by atoms with van der Waals surface area (Å²) in [4.78, 5) is 39.5. The zero-order chi connectivity index (χ0) is 98.0. The lowest BCUT2D eigenvalue weighted by Gasteiger charge is -2.52. The Morgan fingerprint density at radius 2 is 0.534 bits per heavy atom. The first-order chi connectivity index (χ1) is 62.6. The second-order valence-corrected chi connectivity index (χ2v) is 34.6. The molecule has 55 atom stereocenters. The number of nitrogens with one attached hydrogen (secondary N) is 3. The third-order valence-corrected chi connectivity index (χ3v) is 24.7. The number of aliphatic hydroxyl groups is 29. The summed E-state index contributed by atoms with van der Waals surface area (Å²) in [5, 5.41) is 333. The van der Waals surface area contributed by atoms with E-state index in [-0.39, 0.29) is 0 Å². The van der Waals surface area contributed by atoms with Gasteiger partial charge in [0.15, 0.2) is 69.2 Å². The van der Waals surface area contributed by atoms with Gasteiger partial charge in [0.05, 0.1) is 71.7 Å². The summed E-state index contributed by atoms with van der Waals surface area (Å²) >= 11 is 0. The van der Waals surface area contributed by atoms with Gasteiger partial charge in [0.1, 0.15) is 256 Å². The molecule has 0 unspecified atom stereocenters. The second-order valence-electron chi connectivity index (χ2n) is 33.6. The van der Waals surface area contributed by atoms with Gasteiger partial charge < -0.3 is 264 Å². The highest BCUT2D eigenvalue weighted by Gasteiger charge is 2.63. The summed E-state index contributed by atoms with van der Waals surface area (Å²) in [6.07, 6.45) is -113. The maximum atomic E-state index is 13.7. The van der Waals surface area contributed by atoms with Crippen molar-refractivity contribution in [2.24, 2.45) is 0 Å². The first-order valence-electron chi connectivity index (χ1n) is 42.0. The number of ether oxygens (including phenoxy) is 21. The third-order valence-electron chi connectivity index (χ3n) is 24.3. The minimum atomic E-state index is -5.55. The Morgan fingerprint density at radius 3 is 1.03 bits per heavy atom. The normalized spacial score (nSPS) is 50.3. The van der Waals surface area contributed by atoms with Crippen molar-refractivity contribution in [3.8, 4) is 0 Å². The monoisotopic (exact) mass is 1970 g/mol. The first-order valence-corrected chi connectivity index (χ1v) is 43.4. The molecule has 33 N–H and O–H groups in total. The van der Waals surface area contributed by atoms with Crippen molar-refractivity contribution in [2.75, 3.05) is 59.5 Å². The van der Waals surface area contributed by atoms with Crippen LogP contribution in [0.15, 0.2) is 0 Å². The molecule has 0 aromatic rings. The lowest BCUT2D eigenvalue weighted by atomic mass is 9.93. The summed E-state index contributed by atoms with van der Waals surface area (Å²) in [6.45, 7) is -5.45. The lowest BCUT2D eigenvalue weighted by Crippen LogP contribution is -2.71. The van der Waals surface area contributed by atoms with Crippen molar-refractivity contribution in [3.05, 3.63) is 0 Å². The van der Waals surface area contributed by atoms with Gasteiger partial charge in [-0.05, 0) is 13.8 Å². The molecule has 0 aromatic heterocycles. The summed E-state index contributed by atoms with van der Waals surface area (Å²) < 4.78 is 163. The molecule has 0 aromatic carbocycles. The van der Waals surface area contributed by atoms with Crippen molar-refractivity contribution in [1.29, 1.82) is 0 Å². The zero-order valence-corrected chi connectivity index (χ0v) is 71.8. The number of rotatable bonds is 34. The van der Waals surface area contributed by atoms with Crippen molar-refractivity contribution in [1.82, 2.24) is 16.0 Å². The molecule has 61 heteroatoms. The molecule has 11 aliphatic rings. The number of amides is 3. The van der Waals surface area contributed by atoms with Gasteiger partial charge in [0.25, 0.3) is 0 Å². The van der Waals surface area contributed by atoms with Crippen LogP contribution in [0.5, 0.6) is 0 Å². The fourth-order valence-electron chi connectivity index (χ4n) is 16.9. The molecule has 0 spiro atoms. The van der Waals surface area contributed by atoms with Crippen LogP contribution in [0.3, 0.4) is 0 Å². The van der Waals surface area contributed by atoms with Crippen LogP contribution in [-0.2, 0) is 128 Å². The van der Waals surface area contributed by atoms with E-state index in [0.29, 0.717) is 0 Å². The molecule has 11 rings (SSSR count). The predicted octanol–water partition coefficient (Wildman–Crippen LogP) is -22.7. The minimum Gasteiger partial charge on any atom is -0.394 e. The molecular weight excluding hydrogens is 1850 g/mol. The fraction of sp³-hybridized carbons (Fsp3) is 0.958. The summed E-state index contributed by atoms with van der Waals surface area (Å²) in [6, 6.07) is -6.12. The SMILES string of the molecule is CC(=O)N[C@@H]1[C@@H](O)[C@H](O[C@@H]2O[C@H](CO)[C@@H](O[C@@H]3O[C@H](CO[C@H]4O[C@H](CO[C@H]5O[C@H](CO)[C@@H](O)[C@H](O)[C@@H]5O)[C@@H](O)[C@H](O[C@H]5O[C@H](CO)[C@@H](O)[C@H](O)[C@@H]5O)[C@@H]4O)[C@@H](O)[C@H](O[C@H]4O[C@H](CO)[C@@H](O)[C@H](O)[C@@H]4O[C@@H]4O[C@H](CO)[C@@H](O[C@@H]5O[C@@H](C)[C@@H](O)[C@@H](O)[C@@H]5O)[C@H](O[C@@H]5O[C@H](CO)[C@H](OS(=O)(=O)O)[C@H](O)[C@H]5O)[C@H]4NC(C)=O)[C@@H]3O)[C@H](O)[C@H]2NC(C)=O)[C@@H](CO[C@@H]2O[C@@H](C)[C@@H](O)[C@@H](O)[C@@H]2O)O[C@H]1O. The average Bonchev–Trinajstić information content (AvgIpc) is 0.752. The molecule has 772 valence electrons. The molecule has 11 aliphatic heterocycles. The van der Waals surface area contributed by atoms with Gasteiger partial charge in [-0.3, -0.25) is 18.9 Å². The van der Waals surface area contributed by atoms with Crippen LogP contribution in [0.4, 0.5) is 0 Å². The third kappa shape index (κ3) is 24.6. The lowest BCUT2D eigenvalue weighted by molar-refractivity contribution is -0.403. The van der Waals surface area contributed by atoms with Gasteiger partial charge >= 0.3 is 10.4 Å². The van der Waals surface area contributed by atoms with Crippen molar-refractivity contribution in [2.45, 2.75) is 372 Å². The van der Waals surface area contributed by atoms with E-state index in [0.717, 1.165) is 20.8 Å². The second kappa shape index (κ2) is 47.0. The van der Waals surface area contributed by atoms with Gasteiger partial charge in [-0.1, -0.05) is 0 Å². The largest absolute Gasteiger partial charge is 0.397 e. The number of hydrogen-bond acceptors (Lipinski definition) is 56. The molecule has 133 heavy (non-hydrogen) atoms. The Labute approximate surface area is 752 Å². The Bertz CT molecular complexity index is 3760. The molecule has 11 heterocycles. The van der Waals surface area contributed by atoms with Gasteiger partial charge in [0, 0.05) is 20.8 Å². The summed E-state index contributed by atoms with van der Waals surface area (Å²) in [7, 11) is -5.55. The van der Waals surface area contributed by atoms with E-state index >= 15 is 0 Å². The van der Waals surface area contributed by atoms with E-state index in [9.17, 15) is 175 Å². The fourth-order valence-corrected chi connectivity index (χ4v) is 17.5. The van der Waals surface area contributed by atoms with Crippen LogP contribution in [0.2, 0.25) is 0 Å². The van der Waals surface area contributed by atoms with Crippen LogP contribution in [0.1, 0.15) is 34.6 Å². The molecule has 11 fully saturated rings. The van der Waals surface area contributed by atoms with E-state index in [1.165, 1.54) is 13.8 Å². The van der Waals surface area contributed by atoms with E-state index in [1.54, 1.807) is 0 Å². The highest BCUT2D eigenvalue weighted by atomic mass is 32.3. The number of hydrogen-bond donors (Lipinski definition) is 33. The van der Waals surface area contributed by atoms with Crippen LogP contribution >= 0.6 is 0 Å². The van der Waals surface area contributed by atoms with E-state index in [1.807, 2.05) is 0 Å². The maximum absolute atomic E-state index is 13.7. The predicted molar refractivity (Wildman–Crippen MR) is 405 cm³/mol. The Morgan fingerprint density at radius 1 is 0.248 bits per heavy atom. The number of carbonyl (C=O) groups is 3. The first kappa shape index (κ1) is 110. The van der Waals surface area contributed by atoms with Gasteiger partial charge in [0.2, 0.25) is 17.7 Å². The molecule has 60 nitrogen and oxygen atoms in total. The van der Waals surface area contributed by atoms with Crippen LogP contribution in [0.25, 0.3) is 0 Å². The summed E-state index contributed by atoms with van der Waals surface area (Å²) in [5.74, 6) is -3.04. The van der Waals surface area contributed by atoms with Gasteiger partial charge in [-0.15, -0.1) is 0 Å². The van der Waals surface area contributed by atoms with Crippen LogP contribution in [-0.4, -0.2) is 576 Å². The van der Waals surface area contributed by atoms with Crippen molar-refractivity contribution < 1.29 is 279 Å². The topological polar surface area (TPSA) is 931 Å². The minimum absolute atomic E-state index is 0.833. The Kier molecular flexibility index (Phi) is 38.8. The summed E-state index contributed by atoms with van der Waals surface area (Å²) in [5.41, 5.74) is 0. The standard InChI is InChI=1S/C72H121N3O57S/c1-15-32(85)41(94)47(100)65(114-15)113-14-28-55(39(92)29(62(107)116-28)73-17(3)82)125-63-30(74-18(4)83)40(93)54(23(9-79)120-63)126-71-53(106)60(38(91)27(124-71)13-112-67-52(105)59(129-69-50(103)44(97)35(88)21(7-77)118-69)37(90)26(123-67)12-111-66-48(101)43(96)34(87)20(6-76)117-66)130-72-61(45(98)36(89)22(8-78)119-72)131-64-31(75-19(5)84)58(128-70-51(104)46(99)56(24(10-80)122-70)132-133(108,109)110)57(25(11-81)121-64)127-68-49(102)42(95)33(86)16(2)115-68/h15-16,20-72,76-81,85-107H,6-14H2,1-5H3,(H,73,82)(H,74,83)(H,75,84)(H,108,109,110)/t15-,16-,20+,21+,22+,23+,24+,25+,26+,27+,28+,29+,30+,31+,32+,33+,34+,35+,36+,37+,38+,39+,40+,41+,42+,43-,44-,45-,46+,47-,48-,49-,50-,51+,52-,53-,54+,55+,56-,57+,58+,59-,60-,61-,62+,63-,64-,65+,66-,67-,68-,69+,70-,71-,72+/m0/s1. The van der Waals surface area contributed by atoms with E-state index in [2.05, 4.69) is 20.1 Å². The smallest absolute Gasteiger partial charge is 0.394 e. The van der Waals surface area contributed by atoms with Crippen molar-refractivity contribution in [3.63, 3.8) is 0 Å². The molecule has 3 amide bonds. The molecule has 0 aliphatic carbocycles. The van der Waals surface area contributed by atoms with Gasteiger partial charge in [-0.25, -0.2) is 4.18 Å². The van der Waals surface area contributed by atoms with Crippen LogP contribution in [0, 0.1) is 0 Å². The molecule has 11 saturated heterocycles. The Balaban J connectivity index is 0.960. The number of carbonyl (C=O) groups excluding carboxylic acids is 3. The molecule has 0 saturated carbocycles. The van der Waals surface area contributed by atoms with E-state index in [4.69, 9.17) is 99.5 Å². The highest BCUT2D eigenvalue weighted by Crippen LogP contribution is 2.42. The quantitative estimate of drug-likeness (QED) is 0.0266. The highest BCUT2D eigenvalue weighted by molar-refractivity contribution is 7.80. The average molecular weight is 1970 g/mol. The molecular formula is C72H121N3O57S. The van der Waals surface area contributed by atoms with Crippen LogP contribution < -0.4 is 16.0 Å². The van der Waals surface area contributed by atoms with Crippen molar-refractivity contribution >= 4 is 28.1 Å². The number of aliphatic hydroxyl groups excluding tert-OH is 29.